The van der Waals surface area contributed by atoms with Crippen LogP contribution in [0.5, 0.6) is 0 Å². The number of amides is 3. The molecule has 0 fully saturated rings. The standard InChI is InChI=1S/C24H32N4O4/c1-3-4-5-9-22(29)28-21-8-6-7-20(16-21)26-17-23(30)27-19-12-10-18(11-13-19)24(31)25-14-15-32-2/h6-8,10-13,16,26H,3-5,9,14-15,17H2,1-2H3,(H,25,31)(H,27,30)(H,28,29). The summed E-state index contributed by atoms with van der Waals surface area (Å²) in [5, 5.41) is 11.5. The highest BCUT2D eigenvalue weighted by atomic mass is 16.5. The van der Waals surface area contributed by atoms with Crippen LogP contribution < -0.4 is 21.3 Å². The zero-order valence-corrected chi connectivity index (χ0v) is 18.7. The van der Waals surface area contributed by atoms with Crippen molar-refractivity contribution in [3.8, 4) is 0 Å². The second-order valence-corrected chi connectivity index (χ2v) is 7.31. The highest BCUT2D eigenvalue weighted by molar-refractivity contribution is 5.97. The topological polar surface area (TPSA) is 109 Å². The number of unbranched alkanes of at least 4 members (excludes halogenated alkanes) is 2. The zero-order valence-electron chi connectivity index (χ0n) is 18.7. The Morgan fingerprint density at radius 3 is 2.31 bits per heavy atom. The number of anilines is 3. The number of benzene rings is 2. The monoisotopic (exact) mass is 440 g/mol. The molecule has 0 aromatic heterocycles. The van der Waals surface area contributed by atoms with Gasteiger partial charge in [0.05, 0.1) is 13.2 Å². The third-order valence-electron chi connectivity index (χ3n) is 4.63. The van der Waals surface area contributed by atoms with Gasteiger partial charge in [-0.25, -0.2) is 0 Å². The number of hydrogen-bond acceptors (Lipinski definition) is 5. The molecular formula is C24H32N4O4. The van der Waals surface area contributed by atoms with Crippen LogP contribution in [0.2, 0.25) is 0 Å². The van der Waals surface area contributed by atoms with Gasteiger partial charge in [-0.1, -0.05) is 25.8 Å². The first kappa shape index (κ1) is 24.9. The van der Waals surface area contributed by atoms with E-state index < -0.39 is 0 Å². The van der Waals surface area contributed by atoms with E-state index in [9.17, 15) is 14.4 Å². The lowest BCUT2D eigenvalue weighted by Crippen LogP contribution is -2.27. The Morgan fingerprint density at radius 2 is 1.59 bits per heavy atom. The molecule has 0 bridgehead atoms. The van der Waals surface area contributed by atoms with Gasteiger partial charge in [-0.15, -0.1) is 0 Å². The van der Waals surface area contributed by atoms with Crippen molar-refractivity contribution in [1.82, 2.24) is 5.32 Å². The molecule has 8 heteroatoms. The summed E-state index contributed by atoms with van der Waals surface area (Å²) in [5.74, 6) is -0.431. The maximum absolute atomic E-state index is 12.3. The fourth-order valence-corrected chi connectivity index (χ4v) is 2.93. The van der Waals surface area contributed by atoms with Gasteiger partial charge in [0.25, 0.3) is 5.91 Å². The van der Waals surface area contributed by atoms with E-state index in [0.717, 1.165) is 24.9 Å². The zero-order chi connectivity index (χ0) is 23.2. The molecule has 0 heterocycles. The Morgan fingerprint density at radius 1 is 0.875 bits per heavy atom. The van der Waals surface area contributed by atoms with E-state index in [1.165, 1.54) is 0 Å². The number of carbonyl (C=O) groups is 3. The van der Waals surface area contributed by atoms with Crippen LogP contribution in [0.1, 0.15) is 43.0 Å². The summed E-state index contributed by atoms with van der Waals surface area (Å²) < 4.78 is 4.90. The van der Waals surface area contributed by atoms with Gasteiger partial charge in [0.2, 0.25) is 11.8 Å². The molecule has 0 saturated carbocycles. The van der Waals surface area contributed by atoms with Crippen LogP contribution in [0.3, 0.4) is 0 Å². The van der Waals surface area contributed by atoms with E-state index in [1.807, 2.05) is 18.2 Å². The van der Waals surface area contributed by atoms with Crippen molar-refractivity contribution in [2.45, 2.75) is 32.6 Å². The van der Waals surface area contributed by atoms with E-state index in [1.54, 1.807) is 37.4 Å². The van der Waals surface area contributed by atoms with Crippen molar-refractivity contribution < 1.29 is 19.1 Å². The van der Waals surface area contributed by atoms with E-state index in [-0.39, 0.29) is 24.3 Å². The maximum atomic E-state index is 12.3. The molecule has 4 N–H and O–H groups in total. The molecule has 0 aliphatic rings. The van der Waals surface area contributed by atoms with Crippen LogP contribution in [0.4, 0.5) is 17.1 Å². The number of rotatable bonds is 13. The van der Waals surface area contributed by atoms with Gasteiger partial charge in [0, 0.05) is 42.7 Å². The summed E-state index contributed by atoms with van der Waals surface area (Å²) in [6, 6.07) is 13.9. The van der Waals surface area contributed by atoms with Crippen LogP contribution in [0.25, 0.3) is 0 Å². The van der Waals surface area contributed by atoms with Crippen LogP contribution in [-0.4, -0.2) is 44.5 Å². The summed E-state index contributed by atoms with van der Waals surface area (Å²) >= 11 is 0. The van der Waals surface area contributed by atoms with Crippen molar-refractivity contribution in [1.29, 1.82) is 0 Å². The first-order valence-electron chi connectivity index (χ1n) is 10.8. The molecule has 2 rings (SSSR count). The third kappa shape index (κ3) is 9.18. The van der Waals surface area contributed by atoms with Crippen LogP contribution in [0, 0.1) is 0 Å². The van der Waals surface area contributed by atoms with Gasteiger partial charge in [-0.3, -0.25) is 14.4 Å². The minimum atomic E-state index is -0.226. The first-order chi connectivity index (χ1) is 15.5. The summed E-state index contributed by atoms with van der Waals surface area (Å²) in [6.07, 6.45) is 3.49. The number of methoxy groups -OCH3 is 1. The largest absolute Gasteiger partial charge is 0.383 e. The lowest BCUT2D eigenvalue weighted by Gasteiger charge is -2.11. The molecule has 3 amide bonds. The quantitative estimate of drug-likeness (QED) is 0.356. The summed E-state index contributed by atoms with van der Waals surface area (Å²) in [7, 11) is 1.57. The van der Waals surface area contributed by atoms with Crippen LogP contribution in [-0.2, 0) is 14.3 Å². The molecule has 0 radical (unpaired) electrons. The highest BCUT2D eigenvalue weighted by Crippen LogP contribution is 2.16. The van der Waals surface area contributed by atoms with Crippen molar-refractivity contribution in [2.24, 2.45) is 0 Å². The summed E-state index contributed by atoms with van der Waals surface area (Å²) in [4.78, 5) is 36.2. The van der Waals surface area contributed by atoms with Gasteiger partial charge < -0.3 is 26.0 Å². The van der Waals surface area contributed by atoms with E-state index >= 15 is 0 Å². The maximum Gasteiger partial charge on any atom is 0.251 e. The Labute approximate surface area is 189 Å². The van der Waals surface area contributed by atoms with Crippen molar-refractivity contribution in [2.75, 3.05) is 42.8 Å². The fourth-order valence-electron chi connectivity index (χ4n) is 2.93. The molecule has 0 aliphatic heterocycles. The highest BCUT2D eigenvalue weighted by Gasteiger charge is 2.07. The second kappa shape index (κ2) is 13.8. The van der Waals surface area contributed by atoms with Crippen molar-refractivity contribution in [3.05, 3.63) is 54.1 Å². The normalized spacial score (nSPS) is 10.3. The van der Waals surface area contributed by atoms with Crippen LogP contribution >= 0.6 is 0 Å². The molecule has 0 spiro atoms. The summed E-state index contributed by atoms with van der Waals surface area (Å²) in [5.41, 5.74) is 2.52. The Hall–Kier alpha value is -3.39. The molecule has 0 aliphatic carbocycles. The molecule has 32 heavy (non-hydrogen) atoms. The lowest BCUT2D eigenvalue weighted by atomic mass is 10.2. The Bertz CT molecular complexity index is 884. The van der Waals surface area contributed by atoms with Gasteiger partial charge in [-0.2, -0.15) is 0 Å². The Balaban J connectivity index is 1.79. The van der Waals surface area contributed by atoms with Crippen molar-refractivity contribution in [3.63, 3.8) is 0 Å². The molecular weight excluding hydrogens is 408 g/mol. The predicted octanol–water partition coefficient (Wildman–Crippen LogP) is 3.63. The number of carbonyl (C=O) groups excluding carboxylic acids is 3. The van der Waals surface area contributed by atoms with E-state index in [4.69, 9.17) is 4.74 Å². The smallest absolute Gasteiger partial charge is 0.251 e. The van der Waals surface area contributed by atoms with E-state index in [2.05, 4.69) is 28.2 Å². The van der Waals surface area contributed by atoms with Crippen LogP contribution in [0.15, 0.2) is 48.5 Å². The minimum Gasteiger partial charge on any atom is -0.383 e. The molecule has 0 unspecified atom stereocenters. The van der Waals surface area contributed by atoms with Gasteiger partial charge in [-0.05, 0) is 48.9 Å². The Kier molecular flexibility index (Phi) is 10.7. The average molecular weight is 441 g/mol. The molecule has 2 aromatic rings. The average Bonchev–Trinajstić information content (AvgIpc) is 2.79. The first-order valence-corrected chi connectivity index (χ1v) is 10.8. The summed E-state index contributed by atoms with van der Waals surface area (Å²) in [6.45, 7) is 3.04. The SMILES string of the molecule is CCCCCC(=O)Nc1cccc(NCC(=O)Nc2ccc(C(=O)NCCOC)cc2)c1. The van der Waals surface area contributed by atoms with Gasteiger partial charge >= 0.3 is 0 Å². The van der Waals surface area contributed by atoms with Gasteiger partial charge in [0.1, 0.15) is 0 Å². The predicted molar refractivity (Wildman–Crippen MR) is 127 cm³/mol. The lowest BCUT2D eigenvalue weighted by molar-refractivity contribution is -0.116. The molecule has 172 valence electrons. The van der Waals surface area contributed by atoms with E-state index in [0.29, 0.717) is 36.5 Å². The van der Waals surface area contributed by atoms with Gasteiger partial charge in [0.15, 0.2) is 0 Å². The number of ether oxygens (including phenoxy) is 1. The second-order valence-electron chi connectivity index (χ2n) is 7.31. The molecule has 0 atom stereocenters. The van der Waals surface area contributed by atoms with Crippen molar-refractivity contribution >= 4 is 34.8 Å². The third-order valence-corrected chi connectivity index (χ3v) is 4.63. The molecule has 0 saturated heterocycles. The number of hydrogen-bond donors (Lipinski definition) is 4. The fraction of sp³-hybridized carbons (Fsp3) is 0.375. The number of nitrogens with one attached hydrogen (secondary N) is 4. The molecule has 8 nitrogen and oxygen atoms in total. The molecule has 2 aromatic carbocycles. The minimum absolute atomic E-state index is 0.0100.